The zero-order valence-corrected chi connectivity index (χ0v) is 15.8. The third-order valence-corrected chi connectivity index (χ3v) is 4.31. The molecule has 28 heavy (non-hydrogen) atoms. The lowest BCUT2D eigenvalue weighted by molar-refractivity contribution is 0.0957. The van der Waals surface area contributed by atoms with E-state index in [1.54, 1.807) is 12.4 Å². The molecule has 0 aliphatic heterocycles. The van der Waals surface area contributed by atoms with E-state index in [0.717, 1.165) is 35.4 Å². The number of amides is 1. The van der Waals surface area contributed by atoms with E-state index in [1.165, 1.54) is 12.3 Å². The molecule has 0 aliphatic rings. The van der Waals surface area contributed by atoms with Crippen LogP contribution in [0.2, 0.25) is 0 Å². The van der Waals surface area contributed by atoms with Gasteiger partial charge in [-0.3, -0.25) is 9.59 Å². The predicted molar refractivity (Wildman–Crippen MR) is 109 cm³/mol. The normalized spacial score (nSPS) is 10.2. The van der Waals surface area contributed by atoms with Crippen LogP contribution in [0.5, 0.6) is 0 Å². The van der Waals surface area contributed by atoms with E-state index in [2.05, 4.69) is 50.9 Å². The zero-order valence-electron chi connectivity index (χ0n) is 15.8. The Balaban J connectivity index is 1.77. The van der Waals surface area contributed by atoms with Gasteiger partial charge in [0.05, 0.1) is 12.1 Å². The van der Waals surface area contributed by atoms with Gasteiger partial charge in [0.2, 0.25) is 0 Å². The molecule has 0 fully saturated rings. The summed E-state index contributed by atoms with van der Waals surface area (Å²) in [6, 6.07) is 8.83. The average molecular weight is 375 g/mol. The summed E-state index contributed by atoms with van der Waals surface area (Å²) in [4.78, 5) is 37.0. The summed E-state index contributed by atoms with van der Waals surface area (Å²) in [5.74, 6) is 6.38. The molecule has 0 unspecified atom stereocenters. The van der Waals surface area contributed by atoms with Gasteiger partial charge in [-0.1, -0.05) is 11.8 Å². The maximum Gasteiger partial charge on any atom is 0.260 e. The molecule has 0 aliphatic carbocycles. The van der Waals surface area contributed by atoms with Crippen molar-refractivity contribution in [2.24, 2.45) is 0 Å². The maximum atomic E-state index is 12.0. The number of nitrogens with zero attached hydrogens (tertiary/aromatic N) is 3. The summed E-state index contributed by atoms with van der Waals surface area (Å²) in [6.45, 7) is 6.01. The van der Waals surface area contributed by atoms with E-state index < -0.39 is 11.5 Å². The minimum atomic E-state index is -0.452. The van der Waals surface area contributed by atoms with Crippen LogP contribution in [0.1, 0.15) is 29.8 Å². The van der Waals surface area contributed by atoms with Crippen LogP contribution < -0.4 is 15.8 Å². The second-order valence-corrected chi connectivity index (χ2v) is 6.00. The SMILES string of the molecule is CCN(CC)c1ncnc2ccc(C#CCNC(=O)c3ccc[nH]c3=O)cc12. The molecule has 0 spiro atoms. The molecule has 2 heterocycles. The van der Waals surface area contributed by atoms with Crippen molar-refractivity contribution in [1.82, 2.24) is 20.3 Å². The lowest BCUT2D eigenvalue weighted by Crippen LogP contribution is -2.29. The minimum Gasteiger partial charge on any atom is -0.357 e. The first-order chi connectivity index (χ1) is 13.6. The summed E-state index contributed by atoms with van der Waals surface area (Å²) >= 11 is 0. The molecular weight excluding hydrogens is 354 g/mol. The Morgan fingerprint density at radius 1 is 1.21 bits per heavy atom. The first-order valence-electron chi connectivity index (χ1n) is 9.08. The molecule has 7 nitrogen and oxygen atoms in total. The van der Waals surface area contributed by atoms with Gasteiger partial charge in [-0.15, -0.1) is 0 Å². The third kappa shape index (κ3) is 4.18. The lowest BCUT2D eigenvalue weighted by atomic mass is 10.1. The highest BCUT2D eigenvalue weighted by Gasteiger charge is 2.10. The highest BCUT2D eigenvalue weighted by atomic mass is 16.2. The summed E-state index contributed by atoms with van der Waals surface area (Å²) < 4.78 is 0. The van der Waals surface area contributed by atoms with Crippen molar-refractivity contribution < 1.29 is 4.79 Å². The summed E-state index contributed by atoms with van der Waals surface area (Å²) in [6.07, 6.45) is 3.05. The van der Waals surface area contributed by atoms with Crippen LogP contribution in [-0.4, -0.2) is 40.5 Å². The van der Waals surface area contributed by atoms with E-state index in [9.17, 15) is 9.59 Å². The number of hydrogen-bond donors (Lipinski definition) is 2. The predicted octanol–water partition coefficient (Wildman–Crippen LogP) is 1.95. The van der Waals surface area contributed by atoms with Crippen LogP contribution in [0.25, 0.3) is 10.9 Å². The molecule has 7 heteroatoms. The Labute approximate surface area is 162 Å². The topological polar surface area (TPSA) is 91.0 Å². The molecule has 0 radical (unpaired) electrons. The molecule has 3 rings (SSSR count). The van der Waals surface area contributed by atoms with Gasteiger partial charge in [-0.25, -0.2) is 9.97 Å². The zero-order chi connectivity index (χ0) is 19.9. The molecule has 3 aromatic rings. The largest absolute Gasteiger partial charge is 0.357 e. The van der Waals surface area contributed by atoms with Gasteiger partial charge in [-0.2, -0.15) is 0 Å². The number of H-pyrrole nitrogens is 1. The molecule has 0 saturated carbocycles. The second kappa shape index (κ2) is 8.82. The first kappa shape index (κ1) is 19.1. The van der Waals surface area contributed by atoms with Crippen molar-refractivity contribution in [3.05, 3.63) is 64.3 Å². The second-order valence-electron chi connectivity index (χ2n) is 6.00. The van der Waals surface area contributed by atoms with E-state index in [-0.39, 0.29) is 12.1 Å². The van der Waals surface area contributed by atoms with Gasteiger partial charge >= 0.3 is 0 Å². The van der Waals surface area contributed by atoms with Gasteiger partial charge in [-0.05, 0) is 44.2 Å². The number of hydrogen-bond acceptors (Lipinski definition) is 5. The molecule has 1 aromatic carbocycles. The smallest absolute Gasteiger partial charge is 0.260 e. The summed E-state index contributed by atoms with van der Waals surface area (Å²) in [5, 5.41) is 3.57. The standard InChI is InChI=1S/C21H21N5O2/c1-3-26(4-2)19-17-13-15(9-10-18(17)24-14-25-19)7-5-11-22-20(27)16-8-6-12-23-21(16)28/h6,8-10,12-14H,3-4,11H2,1-2H3,(H,22,27)(H,23,28). The lowest BCUT2D eigenvalue weighted by Gasteiger charge is -2.21. The fourth-order valence-electron chi connectivity index (χ4n) is 2.86. The Hall–Kier alpha value is -3.66. The fourth-order valence-corrected chi connectivity index (χ4v) is 2.86. The van der Waals surface area contributed by atoms with Gasteiger partial charge in [0.25, 0.3) is 11.5 Å². The summed E-state index contributed by atoms with van der Waals surface area (Å²) in [7, 11) is 0. The number of fused-ring (bicyclic) bond motifs is 1. The quantitative estimate of drug-likeness (QED) is 0.665. The number of pyridine rings is 1. The van der Waals surface area contributed by atoms with E-state index >= 15 is 0 Å². The highest BCUT2D eigenvalue weighted by molar-refractivity contribution is 5.94. The van der Waals surface area contributed by atoms with Crippen molar-refractivity contribution in [3.8, 4) is 11.8 Å². The van der Waals surface area contributed by atoms with Crippen LogP contribution in [0.4, 0.5) is 5.82 Å². The molecule has 2 N–H and O–H groups in total. The van der Waals surface area contributed by atoms with Crippen LogP contribution in [0.3, 0.4) is 0 Å². The summed E-state index contributed by atoms with van der Waals surface area (Å²) in [5.41, 5.74) is 1.31. The Bertz CT molecular complexity index is 1110. The molecule has 0 bridgehead atoms. The van der Waals surface area contributed by atoms with Crippen molar-refractivity contribution in [2.75, 3.05) is 24.5 Å². The number of aromatic nitrogens is 3. The minimum absolute atomic E-state index is 0.0658. The van der Waals surface area contributed by atoms with Crippen LogP contribution in [0, 0.1) is 11.8 Å². The molecule has 0 atom stereocenters. The molecule has 2 aromatic heterocycles. The first-order valence-corrected chi connectivity index (χ1v) is 9.08. The Morgan fingerprint density at radius 3 is 2.79 bits per heavy atom. The van der Waals surface area contributed by atoms with E-state index in [0.29, 0.717) is 0 Å². The number of aromatic amines is 1. The van der Waals surface area contributed by atoms with Gasteiger partial charge in [0.15, 0.2) is 0 Å². The van der Waals surface area contributed by atoms with Crippen LogP contribution in [-0.2, 0) is 0 Å². The van der Waals surface area contributed by atoms with Crippen LogP contribution in [0.15, 0.2) is 47.7 Å². The van der Waals surface area contributed by atoms with Crippen molar-refractivity contribution >= 4 is 22.6 Å². The van der Waals surface area contributed by atoms with Crippen molar-refractivity contribution in [2.45, 2.75) is 13.8 Å². The van der Waals surface area contributed by atoms with E-state index in [1.807, 2.05) is 18.2 Å². The monoisotopic (exact) mass is 375 g/mol. The number of carbonyl (C=O) groups excluding carboxylic acids is 1. The molecule has 142 valence electrons. The van der Waals surface area contributed by atoms with Gasteiger partial charge in [0, 0.05) is 30.2 Å². The highest BCUT2D eigenvalue weighted by Crippen LogP contribution is 2.23. The van der Waals surface area contributed by atoms with Gasteiger partial charge < -0.3 is 15.2 Å². The number of nitrogens with one attached hydrogen (secondary N) is 2. The Kier molecular flexibility index (Phi) is 6.02. The van der Waals surface area contributed by atoms with Crippen LogP contribution >= 0.6 is 0 Å². The number of rotatable bonds is 5. The Morgan fingerprint density at radius 2 is 2.04 bits per heavy atom. The number of anilines is 1. The molecule has 0 saturated heterocycles. The van der Waals surface area contributed by atoms with Gasteiger partial charge in [0.1, 0.15) is 17.7 Å². The number of benzene rings is 1. The fraction of sp³-hybridized carbons (Fsp3) is 0.238. The van der Waals surface area contributed by atoms with E-state index in [4.69, 9.17) is 0 Å². The maximum absolute atomic E-state index is 12.0. The number of carbonyl (C=O) groups is 1. The van der Waals surface area contributed by atoms with Crippen molar-refractivity contribution in [1.29, 1.82) is 0 Å². The van der Waals surface area contributed by atoms with Crippen molar-refractivity contribution in [3.63, 3.8) is 0 Å². The molecular formula is C21H21N5O2. The average Bonchev–Trinajstić information content (AvgIpc) is 2.72. The molecule has 1 amide bonds. The third-order valence-electron chi connectivity index (χ3n) is 4.31.